The van der Waals surface area contributed by atoms with Gasteiger partial charge in [-0.2, -0.15) is 0 Å². The number of rotatable bonds is 2. The van der Waals surface area contributed by atoms with Gasteiger partial charge in [0.2, 0.25) is 0 Å². The maximum Gasteiger partial charge on any atom is 0.316 e. The largest absolute Gasteiger partial charge is 0.468 e. The molecule has 0 radical (unpaired) electrons. The number of hydrogen-bond acceptors (Lipinski definition) is 3. The van der Waals surface area contributed by atoms with Gasteiger partial charge in [0.05, 0.1) is 12.5 Å². The van der Waals surface area contributed by atoms with Crippen molar-refractivity contribution < 1.29 is 14.3 Å². The van der Waals surface area contributed by atoms with Crippen molar-refractivity contribution in [2.75, 3.05) is 7.11 Å². The van der Waals surface area contributed by atoms with Gasteiger partial charge >= 0.3 is 5.97 Å². The molecule has 0 aliphatic heterocycles. The number of hydrogen-bond donors (Lipinski definition) is 0. The van der Waals surface area contributed by atoms with Gasteiger partial charge in [-0.25, -0.2) is 0 Å². The number of carbonyl (C=O) groups is 2. The van der Waals surface area contributed by atoms with Gasteiger partial charge < -0.3 is 4.74 Å². The predicted molar refractivity (Wildman–Crippen MR) is 76.3 cm³/mol. The summed E-state index contributed by atoms with van der Waals surface area (Å²) in [7, 11) is 1.37. The maximum atomic E-state index is 12.3. The summed E-state index contributed by atoms with van der Waals surface area (Å²) in [5.74, 6) is -0.111. The lowest BCUT2D eigenvalue weighted by Gasteiger charge is -2.35. The van der Waals surface area contributed by atoms with Gasteiger partial charge in [0.1, 0.15) is 5.78 Å². The van der Waals surface area contributed by atoms with Crippen LogP contribution in [0.4, 0.5) is 0 Å². The zero-order valence-corrected chi connectivity index (χ0v) is 12.9. The summed E-state index contributed by atoms with van der Waals surface area (Å²) in [6.07, 6.45) is 1.73. The molecule has 0 saturated heterocycles. The first-order valence-corrected chi connectivity index (χ1v) is 7.22. The topological polar surface area (TPSA) is 43.4 Å². The Morgan fingerprint density at radius 1 is 1.37 bits per heavy atom. The molecule has 0 bridgehead atoms. The van der Waals surface area contributed by atoms with Crippen molar-refractivity contribution in [2.45, 2.75) is 31.1 Å². The average Bonchev–Trinajstić information content (AvgIpc) is 2.42. The molecule has 3 nitrogen and oxygen atoms in total. The fourth-order valence-electron chi connectivity index (χ4n) is 2.60. The molecule has 1 saturated carbocycles. The lowest BCUT2D eigenvalue weighted by Crippen LogP contribution is -2.41. The first-order valence-electron chi connectivity index (χ1n) is 6.05. The molecule has 1 aliphatic rings. The molecule has 0 aromatic heterocycles. The number of benzene rings is 1. The Bertz CT molecular complexity index is 517. The average molecular weight is 346 g/mol. The molecule has 0 atom stereocenters. The molecule has 5 heteroatoms. The van der Waals surface area contributed by atoms with Crippen LogP contribution in [0.15, 0.2) is 22.7 Å². The summed E-state index contributed by atoms with van der Waals surface area (Å²) >= 11 is 9.50. The number of ketones is 1. The van der Waals surface area contributed by atoms with Crippen LogP contribution in [0, 0.1) is 0 Å². The molecule has 0 heterocycles. The van der Waals surface area contributed by atoms with Gasteiger partial charge in [-0.15, -0.1) is 0 Å². The standard InChI is InChI=1S/C14H14BrClO3/c1-19-13(18)14(6-4-10(17)5-7-14)11-8-9(16)2-3-12(11)15/h2-3,8H,4-7H2,1H3. The predicted octanol–water partition coefficient (Wildman–Crippen LogP) is 3.66. The summed E-state index contributed by atoms with van der Waals surface area (Å²) in [5.41, 5.74) is 0.0335. The van der Waals surface area contributed by atoms with Crippen LogP contribution >= 0.6 is 27.5 Å². The van der Waals surface area contributed by atoms with Gasteiger partial charge in [0, 0.05) is 22.3 Å². The van der Waals surface area contributed by atoms with Crippen LogP contribution in [0.5, 0.6) is 0 Å². The lowest BCUT2D eigenvalue weighted by molar-refractivity contribution is -0.149. The van der Waals surface area contributed by atoms with Gasteiger partial charge in [-0.1, -0.05) is 27.5 Å². The summed E-state index contributed by atoms with van der Waals surface area (Å²) < 4.78 is 5.78. The van der Waals surface area contributed by atoms with Crippen LogP contribution in [-0.2, 0) is 19.7 Å². The third-order valence-electron chi connectivity index (χ3n) is 3.68. The molecule has 2 rings (SSSR count). The van der Waals surface area contributed by atoms with E-state index >= 15 is 0 Å². The molecule has 0 amide bonds. The van der Waals surface area contributed by atoms with Gasteiger partial charge in [0.25, 0.3) is 0 Å². The third kappa shape index (κ3) is 2.70. The monoisotopic (exact) mass is 344 g/mol. The Morgan fingerprint density at radius 3 is 2.58 bits per heavy atom. The molecule has 0 spiro atoms. The Kier molecular flexibility index (Phi) is 4.31. The van der Waals surface area contributed by atoms with E-state index in [0.717, 1.165) is 10.0 Å². The summed E-state index contributed by atoms with van der Waals surface area (Å²) in [6, 6.07) is 5.35. The summed E-state index contributed by atoms with van der Waals surface area (Å²) in [6.45, 7) is 0. The van der Waals surface area contributed by atoms with Crippen molar-refractivity contribution in [3.05, 3.63) is 33.3 Å². The second-order valence-electron chi connectivity index (χ2n) is 4.74. The minimum Gasteiger partial charge on any atom is -0.468 e. The molecule has 0 N–H and O–H groups in total. The first kappa shape index (κ1) is 14.5. The molecule has 102 valence electrons. The Balaban J connectivity index is 2.51. The normalized spacial score (nSPS) is 18.2. The SMILES string of the molecule is COC(=O)C1(c2cc(Cl)ccc2Br)CCC(=O)CC1. The van der Waals surface area contributed by atoms with E-state index in [0.29, 0.717) is 30.7 Å². The number of Topliss-reactive ketones (excluding diaryl/α,β-unsaturated/α-hetero) is 1. The van der Waals surface area contributed by atoms with E-state index in [9.17, 15) is 9.59 Å². The summed E-state index contributed by atoms with van der Waals surface area (Å²) in [4.78, 5) is 23.7. The van der Waals surface area contributed by atoms with Crippen molar-refractivity contribution in [3.8, 4) is 0 Å². The maximum absolute atomic E-state index is 12.3. The zero-order valence-electron chi connectivity index (χ0n) is 10.5. The molecular formula is C14H14BrClO3. The molecule has 1 aromatic carbocycles. The minimum atomic E-state index is -0.771. The van der Waals surface area contributed by atoms with Crippen molar-refractivity contribution in [3.63, 3.8) is 0 Å². The van der Waals surface area contributed by atoms with Crippen LogP contribution < -0.4 is 0 Å². The summed E-state index contributed by atoms with van der Waals surface area (Å²) in [5, 5.41) is 0.568. The van der Waals surface area contributed by atoms with E-state index in [1.165, 1.54) is 7.11 Å². The van der Waals surface area contributed by atoms with E-state index in [2.05, 4.69) is 15.9 Å². The first-order chi connectivity index (χ1) is 8.99. The van der Waals surface area contributed by atoms with Gasteiger partial charge in [-0.3, -0.25) is 9.59 Å². The van der Waals surface area contributed by atoms with E-state index in [1.807, 2.05) is 6.07 Å². The zero-order chi connectivity index (χ0) is 14.0. The Labute approximate surface area is 125 Å². The van der Waals surface area contributed by atoms with Crippen LogP contribution in [0.3, 0.4) is 0 Å². The van der Waals surface area contributed by atoms with Crippen LogP contribution in [-0.4, -0.2) is 18.9 Å². The van der Waals surface area contributed by atoms with E-state index in [1.54, 1.807) is 12.1 Å². The van der Waals surface area contributed by atoms with Crippen molar-refractivity contribution >= 4 is 39.3 Å². The highest BCUT2D eigenvalue weighted by Gasteiger charge is 2.45. The van der Waals surface area contributed by atoms with E-state index in [4.69, 9.17) is 16.3 Å². The fourth-order valence-corrected chi connectivity index (χ4v) is 3.40. The molecule has 19 heavy (non-hydrogen) atoms. The highest BCUT2D eigenvalue weighted by molar-refractivity contribution is 9.10. The lowest BCUT2D eigenvalue weighted by atomic mass is 9.69. The smallest absolute Gasteiger partial charge is 0.316 e. The van der Waals surface area contributed by atoms with E-state index in [-0.39, 0.29) is 11.8 Å². The van der Waals surface area contributed by atoms with E-state index < -0.39 is 5.41 Å². The highest BCUT2D eigenvalue weighted by atomic mass is 79.9. The van der Waals surface area contributed by atoms with Crippen molar-refractivity contribution in [1.82, 2.24) is 0 Å². The Morgan fingerprint density at radius 2 is 2.00 bits per heavy atom. The Hall–Kier alpha value is -0.870. The third-order valence-corrected chi connectivity index (χ3v) is 4.61. The number of esters is 1. The molecule has 0 unspecified atom stereocenters. The second kappa shape index (κ2) is 5.63. The number of methoxy groups -OCH3 is 1. The minimum absolute atomic E-state index is 0.192. The van der Waals surface area contributed by atoms with Crippen LogP contribution in [0.25, 0.3) is 0 Å². The molecule has 1 aromatic rings. The van der Waals surface area contributed by atoms with Gasteiger partial charge in [0.15, 0.2) is 0 Å². The quantitative estimate of drug-likeness (QED) is 0.768. The van der Waals surface area contributed by atoms with Gasteiger partial charge in [-0.05, 0) is 36.6 Å². The number of ether oxygens (including phenoxy) is 1. The number of halogens is 2. The van der Waals surface area contributed by atoms with Crippen molar-refractivity contribution in [2.24, 2.45) is 0 Å². The van der Waals surface area contributed by atoms with Crippen LogP contribution in [0.2, 0.25) is 5.02 Å². The highest BCUT2D eigenvalue weighted by Crippen LogP contribution is 2.43. The molecular weight excluding hydrogens is 332 g/mol. The second-order valence-corrected chi connectivity index (χ2v) is 6.03. The fraction of sp³-hybridized carbons (Fsp3) is 0.429. The number of carbonyl (C=O) groups excluding carboxylic acids is 2. The van der Waals surface area contributed by atoms with Crippen molar-refractivity contribution in [1.29, 1.82) is 0 Å². The molecule has 1 aliphatic carbocycles. The van der Waals surface area contributed by atoms with Crippen LogP contribution in [0.1, 0.15) is 31.2 Å². The molecule has 1 fully saturated rings.